The number of hydrogen-bond donors (Lipinski definition) is 1. The Morgan fingerprint density at radius 3 is 2.72 bits per heavy atom. The zero-order valence-corrected chi connectivity index (χ0v) is 12.3. The van der Waals surface area contributed by atoms with Gasteiger partial charge < -0.3 is 5.11 Å². The van der Waals surface area contributed by atoms with Crippen molar-refractivity contribution in [3.05, 3.63) is 33.7 Å². The van der Waals surface area contributed by atoms with Crippen molar-refractivity contribution in [2.45, 2.75) is 26.0 Å². The lowest BCUT2D eigenvalue weighted by Crippen LogP contribution is -2.39. The lowest BCUT2D eigenvalue weighted by atomic mass is 9.83. The Morgan fingerprint density at radius 1 is 1.50 bits per heavy atom. The van der Waals surface area contributed by atoms with E-state index in [0.29, 0.717) is 16.3 Å². The number of fused-ring (bicyclic) bond motifs is 1. The average molecular weight is 287 g/mol. The van der Waals surface area contributed by atoms with Crippen molar-refractivity contribution in [3.8, 4) is 0 Å². The number of halogens is 1. The molecule has 0 fully saturated rings. The van der Waals surface area contributed by atoms with Gasteiger partial charge in [0.25, 0.3) is 5.69 Å². The highest BCUT2D eigenvalue weighted by molar-refractivity contribution is 7.98. The molecule has 1 aliphatic rings. The number of rotatable bonds is 3. The van der Waals surface area contributed by atoms with Gasteiger partial charge in [-0.1, -0.05) is 31.5 Å². The first-order valence-corrected chi connectivity index (χ1v) is 7.59. The summed E-state index contributed by atoms with van der Waals surface area (Å²) < 4.78 is 0.887. The number of nitrogens with zero attached hydrogens (tertiary/aromatic N) is 1. The van der Waals surface area contributed by atoms with Crippen molar-refractivity contribution >= 4 is 29.1 Å². The van der Waals surface area contributed by atoms with Gasteiger partial charge >= 0.3 is 0 Å². The lowest BCUT2D eigenvalue weighted by Gasteiger charge is -2.26. The molecule has 1 N–H and O–H groups in total. The van der Waals surface area contributed by atoms with Gasteiger partial charge in [-0.2, -0.15) is 11.8 Å². The van der Waals surface area contributed by atoms with Crippen molar-refractivity contribution < 1.29 is 9.87 Å². The first kappa shape index (κ1) is 13.8. The molecule has 0 spiro atoms. The highest BCUT2D eigenvalue weighted by atomic mass is 35.5. The van der Waals surface area contributed by atoms with Crippen LogP contribution >= 0.6 is 23.4 Å². The van der Waals surface area contributed by atoms with Crippen LogP contribution in [-0.2, 0) is 0 Å². The first-order valence-electron chi connectivity index (χ1n) is 5.82. The van der Waals surface area contributed by atoms with E-state index in [4.69, 9.17) is 11.6 Å². The van der Waals surface area contributed by atoms with Crippen LogP contribution in [0.2, 0.25) is 5.02 Å². The molecule has 0 saturated heterocycles. The third kappa shape index (κ3) is 2.06. The van der Waals surface area contributed by atoms with Crippen LogP contribution in [0.4, 0.5) is 5.69 Å². The average Bonchev–Trinajstić information content (AvgIpc) is 2.53. The Kier molecular flexibility index (Phi) is 3.72. The van der Waals surface area contributed by atoms with E-state index in [2.05, 4.69) is 0 Å². The molecule has 0 aliphatic carbocycles. The normalized spacial score (nSPS) is 23.3. The monoisotopic (exact) mass is 286 g/mol. The van der Waals surface area contributed by atoms with Crippen molar-refractivity contribution in [1.82, 2.24) is 0 Å². The van der Waals surface area contributed by atoms with Crippen LogP contribution in [0.5, 0.6) is 0 Å². The standard InChI is InChI=1S/C13H17ClNO2S/c1-13(2,7-18-3)12-11(16)8-5-4-6-9(14)10(8)15(12)17/h4-6,11-12,16H,7H2,1-3H3/q+1. The van der Waals surface area contributed by atoms with Crippen LogP contribution in [0.1, 0.15) is 25.5 Å². The van der Waals surface area contributed by atoms with Gasteiger partial charge in [-0.3, -0.25) is 0 Å². The summed E-state index contributed by atoms with van der Waals surface area (Å²) in [6.07, 6.45) is 1.22. The summed E-state index contributed by atoms with van der Waals surface area (Å²) in [6, 6.07) is 4.73. The molecule has 1 aromatic rings. The molecule has 2 unspecified atom stereocenters. The highest BCUT2D eigenvalue weighted by Crippen LogP contribution is 2.48. The van der Waals surface area contributed by atoms with Crippen LogP contribution in [-0.4, -0.2) is 27.9 Å². The quantitative estimate of drug-likeness (QED) is 0.864. The molecule has 0 amide bonds. The molecule has 18 heavy (non-hydrogen) atoms. The molecule has 2 atom stereocenters. The highest BCUT2D eigenvalue weighted by Gasteiger charge is 2.55. The maximum Gasteiger partial charge on any atom is 0.281 e. The molecule has 1 aliphatic heterocycles. The molecule has 5 heteroatoms. The van der Waals surface area contributed by atoms with E-state index < -0.39 is 12.1 Å². The molecular weight excluding hydrogens is 270 g/mol. The number of benzene rings is 1. The van der Waals surface area contributed by atoms with Gasteiger partial charge in [0.2, 0.25) is 6.04 Å². The zero-order chi connectivity index (χ0) is 13.5. The van der Waals surface area contributed by atoms with Gasteiger partial charge in [0.1, 0.15) is 5.02 Å². The Morgan fingerprint density at radius 2 is 2.17 bits per heavy atom. The largest absolute Gasteiger partial charge is 0.381 e. The van der Waals surface area contributed by atoms with Gasteiger partial charge in [-0.05, 0) is 18.4 Å². The van der Waals surface area contributed by atoms with Crippen LogP contribution in [0.3, 0.4) is 0 Å². The summed E-state index contributed by atoms with van der Waals surface area (Å²) in [7, 11) is 0. The van der Waals surface area contributed by atoms with E-state index in [9.17, 15) is 10.0 Å². The number of nitroso groups, excluding NO2 is 1. The van der Waals surface area contributed by atoms with Crippen LogP contribution in [0.15, 0.2) is 18.2 Å². The van der Waals surface area contributed by atoms with E-state index in [-0.39, 0.29) is 5.41 Å². The molecule has 3 nitrogen and oxygen atoms in total. The molecule has 0 radical (unpaired) electrons. The number of aliphatic hydroxyl groups excluding tert-OH is 1. The number of hydrogen-bond acceptors (Lipinski definition) is 3. The summed E-state index contributed by atoms with van der Waals surface area (Å²) in [4.78, 5) is 12.4. The minimum absolute atomic E-state index is 0.289. The smallest absolute Gasteiger partial charge is 0.281 e. The minimum Gasteiger partial charge on any atom is -0.381 e. The van der Waals surface area contributed by atoms with E-state index in [0.717, 1.165) is 10.5 Å². The van der Waals surface area contributed by atoms with Crippen LogP contribution < -0.4 is 0 Å². The fourth-order valence-corrected chi connectivity index (χ4v) is 3.82. The molecule has 1 heterocycles. The second-order valence-corrected chi connectivity index (χ2v) is 6.59. The minimum atomic E-state index is -0.779. The van der Waals surface area contributed by atoms with E-state index in [1.165, 1.54) is 0 Å². The number of thioether (sulfide) groups is 1. The Balaban J connectivity index is 2.46. The summed E-state index contributed by atoms with van der Waals surface area (Å²) in [5.41, 5.74) is 0.769. The van der Waals surface area contributed by atoms with Crippen molar-refractivity contribution in [2.75, 3.05) is 12.0 Å². The Bertz CT molecular complexity index is 490. The predicted molar refractivity (Wildman–Crippen MR) is 75.7 cm³/mol. The second kappa shape index (κ2) is 4.83. The SMILES string of the molecule is CSCC(C)(C)C1C(O)c2cccc(Cl)c2[N+]1=O. The van der Waals surface area contributed by atoms with E-state index in [1.54, 1.807) is 30.0 Å². The Labute approximate surface area is 116 Å². The Hall–Kier alpha value is -0.580. The van der Waals surface area contributed by atoms with Gasteiger partial charge in [0, 0.05) is 20.8 Å². The topological polar surface area (TPSA) is 40.3 Å². The van der Waals surface area contributed by atoms with Gasteiger partial charge in [-0.25, -0.2) is 0 Å². The second-order valence-electron chi connectivity index (χ2n) is 5.31. The predicted octanol–water partition coefficient (Wildman–Crippen LogP) is 3.56. The molecule has 98 valence electrons. The maximum atomic E-state index is 12.4. The van der Waals surface area contributed by atoms with Gasteiger partial charge in [-0.15, -0.1) is 0 Å². The fourth-order valence-electron chi connectivity index (χ4n) is 2.64. The van der Waals surface area contributed by atoms with Gasteiger partial charge in [0.05, 0.1) is 5.56 Å². The van der Waals surface area contributed by atoms with Crippen molar-refractivity contribution in [2.24, 2.45) is 5.41 Å². The fraction of sp³-hybridized carbons (Fsp3) is 0.538. The molecular formula is C13H17ClNO2S+. The molecule has 1 aromatic carbocycles. The summed E-state index contributed by atoms with van der Waals surface area (Å²) in [6.45, 7) is 4.00. The molecule has 0 saturated carbocycles. The summed E-state index contributed by atoms with van der Waals surface area (Å²) in [5.74, 6) is 0.805. The van der Waals surface area contributed by atoms with Gasteiger partial charge in [0.15, 0.2) is 6.10 Å². The van der Waals surface area contributed by atoms with E-state index >= 15 is 0 Å². The lowest BCUT2D eigenvalue weighted by molar-refractivity contribution is -0.524. The van der Waals surface area contributed by atoms with Crippen molar-refractivity contribution in [1.29, 1.82) is 0 Å². The molecule has 0 aromatic heterocycles. The summed E-state index contributed by atoms with van der Waals surface area (Å²) >= 11 is 7.74. The first-order chi connectivity index (χ1) is 8.40. The maximum absolute atomic E-state index is 12.4. The molecule has 2 rings (SSSR count). The van der Waals surface area contributed by atoms with Crippen LogP contribution in [0, 0.1) is 10.3 Å². The van der Waals surface area contributed by atoms with Crippen molar-refractivity contribution in [3.63, 3.8) is 0 Å². The third-order valence-corrected chi connectivity index (χ3v) is 4.76. The zero-order valence-electron chi connectivity index (χ0n) is 10.7. The number of aliphatic hydroxyl groups is 1. The summed E-state index contributed by atoms with van der Waals surface area (Å²) in [5, 5.41) is 10.8. The molecule has 0 bridgehead atoms. The van der Waals surface area contributed by atoms with E-state index in [1.807, 2.05) is 20.1 Å². The third-order valence-electron chi connectivity index (χ3n) is 3.43. The number of para-hydroxylation sites is 1. The van der Waals surface area contributed by atoms with Crippen LogP contribution in [0.25, 0.3) is 0 Å².